The van der Waals surface area contributed by atoms with Crippen molar-refractivity contribution in [3.05, 3.63) is 45.5 Å². The summed E-state index contributed by atoms with van der Waals surface area (Å²) >= 11 is 12.3. The molecule has 5 rings (SSSR count). The number of likely N-dealkylation sites (tertiary alicyclic amines) is 1. The molecule has 3 saturated heterocycles. The van der Waals surface area contributed by atoms with Crippen molar-refractivity contribution in [3.63, 3.8) is 0 Å². The van der Waals surface area contributed by atoms with Crippen molar-refractivity contribution in [2.75, 3.05) is 52.5 Å². The number of ether oxygens (including phenoxy) is 1. The average molecular weight is 477 g/mol. The molecule has 4 heterocycles. The van der Waals surface area contributed by atoms with Gasteiger partial charge in [-0.05, 0) is 55.3 Å². The zero-order valence-electron chi connectivity index (χ0n) is 18.3. The molecule has 0 saturated carbocycles. The molecular weight excluding hydrogens is 447 g/mol. The Morgan fingerprint density at radius 2 is 1.88 bits per heavy atom. The smallest absolute Gasteiger partial charge is 0.227 e. The molecule has 3 fully saturated rings. The van der Waals surface area contributed by atoms with Crippen LogP contribution >= 0.6 is 23.2 Å². The number of aliphatic imine (C=N–C) groups is 1. The molecule has 0 N–H and O–H groups in total. The van der Waals surface area contributed by atoms with E-state index in [9.17, 15) is 4.79 Å². The van der Waals surface area contributed by atoms with Gasteiger partial charge in [0.2, 0.25) is 5.91 Å². The molecule has 172 valence electrons. The third kappa shape index (κ3) is 4.62. The predicted octanol–water partition coefficient (Wildman–Crippen LogP) is 2.92. The SMILES string of the molecule is O=C(Cc1ccc(Cl)c(Cl)c1)N1CCN(CC2=CC=NC2)[C@@H]2COCC(N3CCCC3)[C@H]21. The summed E-state index contributed by atoms with van der Waals surface area (Å²) in [5.41, 5.74) is 2.24. The lowest BCUT2D eigenvalue weighted by atomic mass is 9.90. The van der Waals surface area contributed by atoms with Gasteiger partial charge in [-0.3, -0.25) is 19.6 Å². The van der Waals surface area contributed by atoms with Gasteiger partial charge in [0.1, 0.15) is 0 Å². The normalized spacial score (nSPS) is 28.8. The molecule has 1 aromatic rings. The minimum atomic E-state index is 0.133. The van der Waals surface area contributed by atoms with E-state index in [-0.39, 0.29) is 24.0 Å². The molecule has 0 aliphatic carbocycles. The first kappa shape index (κ1) is 22.4. The fraction of sp³-hybridized carbons (Fsp3) is 0.583. The highest BCUT2D eigenvalue weighted by atomic mass is 35.5. The summed E-state index contributed by atoms with van der Waals surface area (Å²) in [4.78, 5) is 25.1. The summed E-state index contributed by atoms with van der Waals surface area (Å²) in [5.74, 6) is 0.160. The van der Waals surface area contributed by atoms with Gasteiger partial charge in [-0.15, -0.1) is 0 Å². The molecule has 0 radical (unpaired) electrons. The molecule has 3 atom stereocenters. The highest BCUT2D eigenvalue weighted by molar-refractivity contribution is 6.42. The number of carbonyl (C=O) groups is 1. The number of hydrogen-bond donors (Lipinski definition) is 0. The fourth-order valence-corrected chi connectivity index (χ4v) is 5.92. The van der Waals surface area contributed by atoms with Crippen molar-refractivity contribution in [1.82, 2.24) is 14.7 Å². The van der Waals surface area contributed by atoms with Gasteiger partial charge in [-0.2, -0.15) is 0 Å². The van der Waals surface area contributed by atoms with Crippen molar-refractivity contribution < 1.29 is 9.53 Å². The quantitative estimate of drug-likeness (QED) is 0.655. The van der Waals surface area contributed by atoms with E-state index in [0.717, 1.165) is 44.8 Å². The van der Waals surface area contributed by atoms with Gasteiger partial charge < -0.3 is 9.64 Å². The predicted molar refractivity (Wildman–Crippen MR) is 128 cm³/mol. The summed E-state index contributed by atoms with van der Waals surface area (Å²) in [6, 6.07) is 6.05. The van der Waals surface area contributed by atoms with Crippen LogP contribution in [0.5, 0.6) is 0 Å². The van der Waals surface area contributed by atoms with Crippen LogP contribution in [0.25, 0.3) is 0 Å². The van der Waals surface area contributed by atoms with E-state index in [2.05, 4.69) is 25.8 Å². The van der Waals surface area contributed by atoms with Crippen molar-refractivity contribution in [1.29, 1.82) is 0 Å². The second-order valence-corrected chi connectivity index (χ2v) is 10.0. The summed E-state index contributed by atoms with van der Waals surface area (Å²) in [6.45, 7) is 6.80. The lowest BCUT2D eigenvalue weighted by molar-refractivity contribution is -0.151. The summed E-state index contributed by atoms with van der Waals surface area (Å²) in [6.07, 6.45) is 6.80. The van der Waals surface area contributed by atoms with Gasteiger partial charge in [0.05, 0.1) is 54.4 Å². The summed E-state index contributed by atoms with van der Waals surface area (Å²) < 4.78 is 6.13. The molecule has 1 unspecified atom stereocenters. The lowest BCUT2D eigenvalue weighted by Gasteiger charge is -2.54. The number of allylic oxidation sites excluding steroid dienone is 1. The third-order valence-corrected chi connectivity index (χ3v) is 7.95. The zero-order valence-corrected chi connectivity index (χ0v) is 19.8. The molecule has 0 aromatic heterocycles. The topological polar surface area (TPSA) is 48.4 Å². The third-order valence-electron chi connectivity index (χ3n) is 7.21. The van der Waals surface area contributed by atoms with Crippen LogP contribution in [0.15, 0.2) is 34.8 Å². The maximum Gasteiger partial charge on any atom is 0.227 e. The molecule has 1 aromatic carbocycles. The van der Waals surface area contributed by atoms with Crippen LogP contribution in [-0.2, 0) is 16.0 Å². The molecule has 0 spiro atoms. The molecule has 1 amide bonds. The molecule has 8 heteroatoms. The molecule has 32 heavy (non-hydrogen) atoms. The van der Waals surface area contributed by atoms with Crippen LogP contribution in [0.3, 0.4) is 0 Å². The number of fused-ring (bicyclic) bond motifs is 1. The lowest BCUT2D eigenvalue weighted by Crippen LogP contribution is -2.71. The Bertz CT molecular complexity index is 915. The second-order valence-electron chi connectivity index (χ2n) is 9.20. The van der Waals surface area contributed by atoms with Crippen LogP contribution in [0.2, 0.25) is 10.0 Å². The summed E-state index contributed by atoms with van der Waals surface area (Å²) in [7, 11) is 0. The first-order chi connectivity index (χ1) is 15.6. The van der Waals surface area contributed by atoms with Gasteiger partial charge in [0, 0.05) is 25.8 Å². The zero-order chi connectivity index (χ0) is 22.1. The number of piperazine rings is 1. The largest absolute Gasteiger partial charge is 0.378 e. The van der Waals surface area contributed by atoms with Crippen LogP contribution in [0.4, 0.5) is 0 Å². The van der Waals surface area contributed by atoms with Gasteiger partial charge in [-0.25, -0.2) is 0 Å². The monoisotopic (exact) mass is 476 g/mol. The molecule has 4 aliphatic heterocycles. The Balaban J connectivity index is 1.38. The Kier molecular flexibility index (Phi) is 6.86. The average Bonchev–Trinajstić information content (AvgIpc) is 3.50. The van der Waals surface area contributed by atoms with Crippen molar-refractivity contribution >= 4 is 35.3 Å². The number of carbonyl (C=O) groups excluding carboxylic acids is 1. The standard InChI is InChI=1S/C24H30Cl2N4O2/c25-19-4-3-17(11-20(19)26)12-23(31)30-10-9-29(14-18-5-6-27-13-18)22-16-32-15-21(24(22)30)28-7-1-2-8-28/h3-6,11,21-22,24H,1-2,7-10,12-16H2/t21?,22-,24-/m1/s1. The first-order valence-corrected chi connectivity index (χ1v) is 12.3. The van der Waals surface area contributed by atoms with Gasteiger partial charge in [-0.1, -0.05) is 29.3 Å². The van der Waals surface area contributed by atoms with E-state index >= 15 is 0 Å². The molecule has 6 nitrogen and oxygen atoms in total. The number of amides is 1. The van der Waals surface area contributed by atoms with Gasteiger partial charge in [0.15, 0.2) is 0 Å². The van der Waals surface area contributed by atoms with E-state index in [4.69, 9.17) is 27.9 Å². The van der Waals surface area contributed by atoms with E-state index in [0.29, 0.717) is 29.7 Å². The Labute approximate surface area is 199 Å². The minimum absolute atomic E-state index is 0.133. The molecule has 0 bridgehead atoms. The maximum atomic E-state index is 13.6. The van der Waals surface area contributed by atoms with E-state index in [1.807, 2.05) is 18.3 Å². The highest BCUT2D eigenvalue weighted by Gasteiger charge is 2.47. The van der Waals surface area contributed by atoms with Crippen LogP contribution < -0.4 is 0 Å². The van der Waals surface area contributed by atoms with Crippen molar-refractivity contribution in [2.24, 2.45) is 4.99 Å². The fourth-order valence-electron chi connectivity index (χ4n) is 5.60. The van der Waals surface area contributed by atoms with Crippen LogP contribution in [0.1, 0.15) is 18.4 Å². The van der Waals surface area contributed by atoms with E-state index < -0.39 is 0 Å². The van der Waals surface area contributed by atoms with E-state index in [1.54, 1.807) is 6.07 Å². The van der Waals surface area contributed by atoms with Crippen LogP contribution in [-0.4, -0.2) is 97.4 Å². The number of benzene rings is 1. The molecule has 4 aliphatic rings. The Hall–Kier alpha value is -1.44. The molecular formula is C24H30Cl2N4O2. The minimum Gasteiger partial charge on any atom is -0.378 e. The van der Waals surface area contributed by atoms with Crippen LogP contribution in [0, 0.1) is 0 Å². The Morgan fingerprint density at radius 3 is 2.62 bits per heavy atom. The maximum absolute atomic E-state index is 13.6. The van der Waals surface area contributed by atoms with Gasteiger partial charge in [0.25, 0.3) is 0 Å². The number of hydrogen-bond acceptors (Lipinski definition) is 5. The highest BCUT2D eigenvalue weighted by Crippen LogP contribution is 2.31. The van der Waals surface area contributed by atoms with Crippen molar-refractivity contribution in [3.8, 4) is 0 Å². The van der Waals surface area contributed by atoms with Gasteiger partial charge >= 0.3 is 0 Å². The second kappa shape index (κ2) is 9.82. The first-order valence-electron chi connectivity index (χ1n) is 11.6. The summed E-state index contributed by atoms with van der Waals surface area (Å²) in [5, 5.41) is 1.01. The Morgan fingerprint density at radius 1 is 1.06 bits per heavy atom. The number of halogens is 2. The number of rotatable bonds is 5. The number of nitrogens with zero attached hydrogens (tertiary/aromatic N) is 4. The van der Waals surface area contributed by atoms with Crippen molar-refractivity contribution in [2.45, 2.75) is 37.4 Å². The van der Waals surface area contributed by atoms with E-state index in [1.165, 1.54) is 18.4 Å².